The van der Waals surface area contributed by atoms with E-state index in [0.29, 0.717) is 5.92 Å². The van der Waals surface area contributed by atoms with Crippen LogP contribution in [0.25, 0.3) is 0 Å². The Labute approximate surface area is 106 Å². The molecule has 0 atom stereocenters. The van der Waals surface area contributed by atoms with Crippen LogP contribution in [0, 0.1) is 28.9 Å². The Morgan fingerprint density at radius 3 is 2.56 bits per heavy atom. The molecule has 0 spiro atoms. The maximum Gasteiger partial charge on any atom is 0.183 e. The molecule has 1 aromatic rings. The predicted octanol–water partition coefficient (Wildman–Crippen LogP) is 3.46. The van der Waals surface area contributed by atoms with Crippen molar-refractivity contribution in [2.75, 3.05) is 18.5 Å². The fraction of sp³-hybridized carbons (Fsp3) is 0.500. The molecule has 0 unspecified atom stereocenters. The molecule has 1 aliphatic rings. The molecule has 18 heavy (non-hydrogen) atoms. The zero-order chi connectivity index (χ0) is 13.1. The second-order valence-corrected chi connectivity index (χ2v) is 4.90. The summed E-state index contributed by atoms with van der Waals surface area (Å²) in [7, 11) is 1.77. The first-order valence-electron chi connectivity index (χ1n) is 6.22. The van der Waals surface area contributed by atoms with E-state index in [-0.39, 0.29) is 11.3 Å². The lowest BCUT2D eigenvalue weighted by Gasteiger charge is -2.23. The van der Waals surface area contributed by atoms with Gasteiger partial charge in [-0.15, -0.1) is 0 Å². The molecule has 0 aromatic heterocycles. The van der Waals surface area contributed by atoms with Crippen molar-refractivity contribution in [2.45, 2.75) is 25.7 Å². The van der Waals surface area contributed by atoms with Gasteiger partial charge in [-0.05, 0) is 30.9 Å². The largest absolute Gasteiger partial charge is 0.372 e. The number of halogens is 2. The van der Waals surface area contributed by atoms with E-state index in [1.807, 2.05) is 0 Å². The Morgan fingerprint density at radius 2 is 1.94 bits per heavy atom. The lowest BCUT2D eigenvalue weighted by molar-refractivity contribution is 0.496. The van der Waals surface area contributed by atoms with Crippen LogP contribution in [0.2, 0.25) is 0 Å². The molecule has 2 rings (SSSR count). The van der Waals surface area contributed by atoms with Crippen LogP contribution in [0.4, 0.5) is 14.5 Å². The fourth-order valence-electron chi connectivity index (χ4n) is 2.60. The van der Waals surface area contributed by atoms with Gasteiger partial charge in [-0.1, -0.05) is 12.8 Å². The summed E-state index contributed by atoms with van der Waals surface area (Å²) in [5, 5.41) is 8.63. The third-order valence-electron chi connectivity index (χ3n) is 3.60. The Morgan fingerprint density at radius 1 is 1.28 bits per heavy atom. The van der Waals surface area contributed by atoms with Gasteiger partial charge in [-0.2, -0.15) is 5.26 Å². The minimum Gasteiger partial charge on any atom is -0.372 e. The summed E-state index contributed by atoms with van der Waals surface area (Å²) >= 11 is 0. The maximum atomic E-state index is 13.8. The number of rotatable bonds is 3. The summed E-state index contributed by atoms with van der Waals surface area (Å²) in [6, 6.07) is 4.45. The van der Waals surface area contributed by atoms with Crippen molar-refractivity contribution in [3.05, 3.63) is 29.3 Å². The van der Waals surface area contributed by atoms with Gasteiger partial charge in [-0.3, -0.25) is 0 Å². The molecule has 0 N–H and O–H groups in total. The van der Waals surface area contributed by atoms with Crippen LogP contribution in [0.1, 0.15) is 31.2 Å². The van der Waals surface area contributed by atoms with Crippen LogP contribution >= 0.6 is 0 Å². The third kappa shape index (κ3) is 2.45. The molecule has 1 saturated carbocycles. The highest BCUT2D eigenvalue weighted by Gasteiger charge is 2.20. The molecule has 0 heterocycles. The monoisotopic (exact) mass is 250 g/mol. The van der Waals surface area contributed by atoms with Gasteiger partial charge < -0.3 is 4.90 Å². The second-order valence-electron chi connectivity index (χ2n) is 4.90. The summed E-state index contributed by atoms with van der Waals surface area (Å²) in [5.74, 6) is -1.41. The van der Waals surface area contributed by atoms with Crippen molar-refractivity contribution in [3.8, 4) is 6.07 Å². The molecule has 1 fully saturated rings. The quantitative estimate of drug-likeness (QED) is 0.821. The predicted molar refractivity (Wildman–Crippen MR) is 66.3 cm³/mol. The minimum absolute atomic E-state index is 0.235. The zero-order valence-electron chi connectivity index (χ0n) is 10.4. The van der Waals surface area contributed by atoms with Crippen molar-refractivity contribution < 1.29 is 8.78 Å². The molecule has 0 saturated heterocycles. The summed E-state index contributed by atoms with van der Waals surface area (Å²) < 4.78 is 27.3. The van der Waals surface area contributed by atoms with Gasteiger partial charge in [0, 0.05) is 13.6 Å². The number of nitrogens with zero attached hydrogens (tertiary/aromatic N) is 2. The lowest BCUT2D eigenvalue weighted by Crippen LogP contribution is -2.25. The van der Waals surface area contributed by atoms with E-state index in [9.17, 15) is 8.78 Å². The van der Waals surface area contributed by atoms with Gasteiger partial charge in [0.1, 0.15) is 6.07 Å². The van der Waals surface area contributed by atoms with Gasteiger partial charge in [0.05, 0.1) is 11.3 Å². The van der Waals surface area contributed by atoms with E-state index in [0.717, 1.165) is 19.4 Å². The van der Waals surface area contributed by atoms with E-state index in [4.69, 9.17) is 5.26 Å². The number of hydrogen-bond acceptors (Lipinski definition) is 2. The standard InChI is InChI=1S/C14H16F2N2/c1-18(9-10-4-2-3-5-10)12-7-6-11(8-17)13(15)14(12)16/h6-7,10H,2-5,9H2,1H3. The first kappa shape index (κ1) is 12.8. The molecule has 96 valence electrons. The number of hydrogen-bond donors (Lipinski definition) is 0. The SMILES string of the molecule is CN(CC1CCCC1)c1ccc(C#N)c(F)c1F. The Balaban J connectivity index is 2.17. The molecule has 0 aliphatic heterocycles. The highest BCUT2D eigenvalue weighted by atomic mass is 19.2. The molecule has 1 aliphatic carbocycles. The van der Waals surface area contributed by atoms with E-state index < -0.39 is 11.6 Å². The summed E-state index contributed by atoms with van der Waals surface area (Å²) in [6.07, 6.45) is 4.76. The Bertz CT molecular complexity index is 473. The van der Waals surface area contributed by atoms with Crippen LogP contribution in [0.15, 0.2) is 12.1 Å². The Hall–Kier alpha value is -1.63. The van der Waals surface area contributed by atoms with Crippen molar-refractivity contribution in [1.29, 1.82) is 5.26 Å². The van der Waals surface area contributed by atoms with Gasteiger partial charge >= 0.3 is 0 Å². The first-order chi connectivity index (χ1) is 8.63. The fourth-order valence-corrected chi connectivity index (χ4v) is 2.60. The van der Waals surface area contributed by atoms with Crippen LogP contribution in [-0.4, -0.2) is 13.6 Å². The maximum absolute atomic E-state index is 13.8. The van der Waals surface area contributed by atoms with Crippen molar-refractivity contribution in [1.82, 2.24) is 0 Å². The molecular formula is C14H16F2N2. The molecule has 4 heteroatoms. The molecule has 0 amide bonds. The number of anilines is 1. The summed E-state index contributed by atoms with van der Waals surface area (Å²) in [6.45, 7) is 0.738. The average Bonchev–Trinajstić information content (AvgIpc) is 2.85. The van der Waals surface area contributed by atoms with Crippen LogP contribution in [0.5, 0.6) is 0 Å². The number of nitriles is 1. The Kier molecular flexibility index (Phi) is 3.81. The van der Waals surface area contributed by atoms with Crippen LogP contribution < -0.4 is 4.90 Å². The molecule has 0 radical (unpaired) electrons. The van der Waals surface area contributed by atoms with E-state index in [1.165, 1.54) is 25.0 Å². The van der Waals surface area contributed by atoms with E-state index in [1.54, 1.807) is 18.0 Å². The van der Waals surface area contributed by atoms with Gasteiger partial charge in [-0.25, -0.2) is 8.78 Å². The topological polar surface area (TPSA) is 27.0 Å². The zero-order valence-corrected chi connectivity index (χ0v) is 10.4. The lowest BCUT2D eigenvalue weighted by atomic mass is 10.1. The van der Waals surface area contributed by atoms with Gasteiger partial charge in [0.2, 0.25) is 0 Å². The van der Waals surface area contributed by atoms with Crippen LogP contribution in [-0.2, 0) is 0 Å². The van der Waals surface area contributed by atoms with E-state index >= 15 is 0 Å². The minimum atomic E-state index is -1.05. The molecule has 1 aromatic carbocycles. The molecule has 0 bridgehead atoms. The molecular weight excluding hydrogens is 234 g/mol. The van der Waals surface area contributed by atoms with Crippen LogP contribution in [0.3, 0.4) is 0 Å². The normalized spacial score (nSPS) is 15.7. The summed E-state index contributed by atoms with van der Waals surface area (Å²) in [4.78, 5) is 1.75. The smallest absolute Gasteiger partial charge is 0.183 e. The summed E-state index contributed by atoms with van der Waals surface area (Å²) in [5.41, 5.74) is -0.0103. The van der Waals surface area contributed by atoms with Gasteiger partial charge in [0.15, 0.2) is 11.6 Å². The second kappa shape index (κ2) is 5.34. The average molecular weight is 250 g/mol. The molecule has 2 nitrogen and oxygen atoms in total. The highest BCUT2D eigenvalue weighted by molar-refractivity contribution is 5.51. The van der Waals surface area contributed by atoms with Crippen molar-refractivity contribution in [2.24, 2.45) is 5.92 Å². The first-order valence-corrected chi connectivity index (χ1v) is 6.22. The number of benzene rings is 1. The van der Waals surface area contributed by atoms with E-state index in [2.05, 4.69) is 0 Å². The van der Waals surface area contributed by atoms with Crippen molar-refractivity contribution >= 4 is 5.69 Å². The third-order valence-corrected chi connectivity index (χ3v) is 3.60. The van der Waals surface area contributed by atoms with Crippen molar-refractivity contribution in [3.63, 3.8) is 0 Å². The van der Waals surface area contributed by atoms with Gasteiger partial charge in [0.25, 0.3) is 0 Å². The highest BCUT2D eigenvalue weighted by Crippen LogP contribution is 2.29.